The van der Waals surface area contributed by atoms with Crippen LogP contribution in [-0.4, -0.2) is 16.3 Å². The van der Waals surface area contributed by atoms with E-state index in [1.54, 1.807) is 18.2 Å². The molecule has 0 radical (unpaired) electrons. The summed E-state index contributed by atoms with van der Waals surface area (Å²) in [6, 6.07) is 18.8. The van der Waals surface area contributed by atoms with Gasteiger partial charge in [-0.3, -0.25) is 9.59 Å². The minimum Gasteiger partial charge on any atom is -0.424 e. The van der Waals surface area contributed by atoms with Crippen molar-refractivity contribution in [2.45, 2.75) is 13.0 Å². The second kappa shape index (κ2) is 6.33. The number of carbonyl (C=O) groups excluding carboxylic acids is 2. The summed E-state index contributed by atoms with van der Waals surface area (Å²) in [7, 11) is 0. The van der Waals surface area contributed by atoms with Crippen LogP contribution in [0.2, 0.25) is 0 Å². The fraction of sp³-hybridized carbons (Fsp3) is 0.100. The summed E-state index contributed by atoms with van der Waals surface area (Å²) in [5.74, 6) is 0.115. The van der Waals surface area contributed by atoms with Crippen molar-refractivity contribution < 1.29 is 14.3 Å². The molecule has 0 spiro atoms. The number of fused-ring (bicyclic) bond motifs is 1. The van der Waals surface area contributed by atoms with E-state index in [4.69, 9.17) is 4.74 Å². The molecule has 0 saturated carbocycles. The number of rotatable bonds is 4. The molecular weight excluding hydrogens is 382 g/mol. The Kier molecular flexibility index (Phi) is 4.01. The first kappa shape index (κ1) is 15.8. The number of halogens is 1. The van der Waals surface area contributed by atoms with Crippen molar-refractivity contribution in [1.29, 1.82) is 0 Å². The zero-order valence-corrected chi connectivity index (χ0v) is 14.8. The van der Waals surface area contributed by atoms with Gasteiger partial charge in [-0.1, -0.05) is 46.3 Å². The maximum Gasteiger partial charge on any atom is 0.317 e. The van der Waals surface area contributed by atoms with E-state index < -0.39 is 0 Å². The molecule has 1 aromatic heterocycles. The smallest absolute Gasteiger partial charge is 0.317 e. The molecule has 5 heteroatoms. The lowest BCUT2D eigenvalue weighted by atomic mass is 10.1. The quantitative estimate of drug-likeness (QED) is 0.495. The lowest BCUT2D eigenvalue weighted by Crippen LogP contribution is -2.15. The van der Waals surface area contributed by atoms with Crippen LogP contribution in [0.5, 0.6) is 5.75 Å². The number of hydrogen-bond acceptors (Lipinski definition) is 3. The van der Waals surface area contributed by atoms with Crippen LogP contribution in [-0.2, 0) is 17.8 Å². The number of ketones is 1. The number of esters is 1. The van der Waals surface area contributed by atoms with Crippen molar-refractivity contribution in [3.63, 3.8) is 0 Å². The van der Waals surface area contributed by atoms with Crippen molar-refractivity contribution in [1.82, 2.24) is 4.57 Å². The molecule has 4 rings (SSSR count). The standard InChI is InChI=1S/C20H14BrNO3/c21-15-8-6-14(7-9-15)20(24)17-10-18-16(11-19(23)25-18)22(17)12-13-4-2-1-3-5-13/h1-10H,11-12H2. The van der Waals surface area contributed by atoms with Gasteiger partial charge < -0.3 is 9.30 Å². The third-order valence-electron chi connectivity index (χ3n) is 4.23. The maximum atomic E-state index is 13.0. The van der Waals surface area contributed by atoms with Crippen molar-refractivity contribution >= 4 is 27.7 Å². The first-order chi connectivity index (χ1) is 12.1. The first-order valence-electron chi connectivity index (χ1n) is 7.89. The van der Waals surface area contributed by atoms with E-state index in [1.807, 2.05) is 47.0 Å². The predicted molar refractivity (Wildman–Crippen MR) is 96.9 cm³/mol. The van der Waals surface area contributed by atoms with Gasteiger partial charge in [-0.2, -0.15) is 0 Å². The first-order valence-corrected chi connectivity index (χ1v) is 8.68. The third kappa shape index (κ3) is 3.03. The van der Waals surface area contributed by atoms with Crippen LogP contribution in [0.15, 0.2) is 65.1 Å². The molecule has 1 aliphatic heterocycles. The highest BCUT2D eigenvalue weighted by molar-refractivity contribution is 9.10. The summed E-state index contributed by atoms with van der Waals surface area (Å²) >= 11 is 3.38. The number of benzene rings is 2. The second-order valence-electron chi connectivity index (χ2n) is 5.90. The summed E-state index contributed by atoms with van der Waals surface area (Å²) in [5.41, 5.74) is 2.95. The van der Waals surface area contributed by atoms with Crippen LogP contribution in [0.1, 0.15) is 27.3 Å². The fourth-order valence-electron chi connectivity index (χ4n) is 3.01. The number of ether oxygens (including phenoxy) is 1. The van der Waals surface area contributed by atoms with Gasteiger partial charge >= 0.3 is 5.97 Å². The lowest BCUT2D eigenvalue weighted by molar-refractivity contribution is -0.131. The van der Waals surface area contributed by atoms with Crippen LogP contribution in [0, 0.1) is 0 Å². The number of carbonyl (C=O) groups is 2. The average molecular weight is 396 g/mol. The van der Waals surface area contributed by atoms with Crippen molar-refractivity contribution in [2.24, 2.45) is 0 Å². The largest absolute Gasteiger partial charge is 0.424 e. The molecular formula is C20H14BrNO3. The summed E-state index contributed by atoms with van der Waals surface area (Å²) in [6.07, 6.45) is 0.190. The fourth-order valence-corrected chi connectivity index (χ4v) is 3.28. The van der Waals surface area contributed by atoms with Crippen molar-refractivity contribution in [3.8, 4) is 5.75 Å². The molecule has 4 nitrogen and oxygen atoms in total. The van der Waals surface area contributed by atoms with Gasteiger partial charge in [0, 0.05) is 22.6 Å². The van der Waals surface area contributed by atoms with Gasteiger partial charge in [-0.05, 0) is 29.8 Å². The van der Waals surface area contributed by atoms with E-state index in [-0.39, 0.29) is 18.2 Å². The van der Waals surface area contributed by atoms with Crippen LogP contribution < -0.4 is 4.74 Å². The molecule has 3 aromatic rings. The zero-order valence-electron chi connectivity index (χ0n) is 13.2. The van der Waals surface area contributed by atoms with E-state index in [2.05, 4.69) is 15.9 Å². The molecule has 2 heterocycles. The maximum absolute atomic E-state index is 13.0. The molecule has 0 atom stereocenters. The van der Waals surface area contributed by atoms with Gasteiger partial charge in [0.1, 0.15) is 0 Å². The van der Waals surface area contributed by atoms with Gasteiger partial charge in [0.15, 0.2) is 5.75 Å². The van der Waals surface area contributed by atoms with E-state index in [0.717, 1.165) is 15.7 Å². The molecule has 0 saturated heterocycles. The summed E-state index contributed by atoms with van der Waals surface area (Å²) in [6.45, 7) is 0.518. The van der Waals surface area contributed by atoms with Gasteiger partial charge in [0.05, 0.1) is 17.8 Å². The van der Waals surface area contributed by atoms with Crippen LogP contribution in [0.4, 0.5) is 0 Å². The molecule has 0 unspecified atom stereocenters. The summed E-state index contributed by atoms with van der Waals surface area (Å²) in [5, 5.41) is 0. The third-order valence-corrected chi connectivity index (χ3v) is 4.76. The number of hydrogen-bond donors (Lipinski definition) is 0. The van der Waals surface area contributed by atoms with Crippen molar-refractivity contribution in [2.75, 3.05) is 0 Å². The van der Waals surface area contributed by atoms with Crippen molar-refractivity contribution in [3.05, 3.63) is 87.7 Å². The molecule has 1 aliphatic rings. The van der Waals surface area contributed by atoms with Crippen LogP contribution >= 0.6 is 15.9 Å². The number of nitrogens with zero attached hydrogens (tertiary/aromatic N) is 1. The molecule has 0 bridgehead atoms. The van der Waals surface area contributed by atoms with Gasteiger partial charge in [0.2, 0.25) is 5.78 Å². The Balaban J connectivity index is 1.77. The Morgan fingerprint density at radius 1 is 1.08 bits per heavy atom. The topological polar surface area (TPSA) is 48.3 Å². The molecule has 0 N–H and O–H groups in total. The van der Waals surface area contributed by atoms with E-state index in [9.17, 15) is 9.59 Å². The molecule has 0 amide bonds. The zero-order chi connectivity index (χ0) is 17.4. The predicted octanol–water partition coefficient (Wildman–Crippen LogP) is 3.99. The minimum absolute atomic E-state index is 0.0890. The Bertz CT molecular complexity index is 959. The SMILES string of the molecule is O=C1Cc2c(cc(C(=O)c3ccc(Br)cc3)n2Cc2ccccc2)O1. The van der Waals surface area contributed by atoms with E-state index in [1.165, 1.54) is 0 Å². The monoisotopic (exact) mass is 395 g/mol. The van der Waals surface area contributed by atoms with E-state index in [0.29, 0.717) is 23.6 Å². The van der Waals surface area contributed by atoms with Gasteiger partial charge in [0.25, 0.3) is 0 Å². The highest BCUT2D eigenvalue weighted by Gasteiger charge is 2.29. The Morgan fingerprint density at radius 2 is 1.80 bits per heavy atom. The Hall–Kier alpha value is -2.66. The van der Waals surface area contributed by atoms with Crippen LogP contribution in [0.3, 0.4) is 0 Å². The molecule has 0 fully saturated rings. The highest BCUT2D eigenvalue weighted by atomic mass is 79.9. The minimum atomic E-state index is -0.283. The molecule has 2 aromatic carbocycles. The van der Waals surface area contributed by atoms with Crippen LogP contribution in [0.25, 0.3) is 0 Å². The highest BCUT2D eigenvalue weighted by Crippen LogP contribution is 2.32. The summed E-state index contributed by atoms with van der Waals surface area (Å²) < 4.78 is 8.06. The normalized spacial score (nSPS) is 12.8. The molecule has 124 valence electrons. The Labute approximate surface area is 153 Å². The Morgan fingerprint density at radius 3 is 2.52 bits per heavy atom. The molecule has 0 aliphatic carbocycles. The summed E-state index contributed by atoms with van der Waals surface area (Å²) in [4.78, 5) is 24.6. The number of aromatic nitrogens is 1. The van der Waals surface area contributed by atoms with Gasteiger partial charge in [-0.15, -0.1) is 0 Å². The average Bonchev–Trinajstić information content (AvgIpc) is 3.13. The lowest BCUT2D eigenvalue weighted by Gasteiger charge is -2.11. The van der Waals surface area contributed by atoms with Gasteiger partial charge in [-0.25, -0.2) is 0 Å². The van der Waals surface area contributed by atoms with E-state index >= 15 is 0 Å². The molecule has 25 heavy (non-hydrogen) atoms. The second-order valence-corrected chi connectivity index (χ2v) is 6.81.